The molecule has 1 saturated heterocycles. The molecule has 108 valence electrons. The number of hydrogen-bond acceptors (Lipinski definition) is 4. The van der Waals surface area contributed by atoms with E-state index in [1.807, 2.05) is 0 Å². The quantitative estimate of drug-likeness (QED) is 0.569. The van der Waals surface area contributed by atoms with Crippen LogP contribution in [0.3, 0.4) is 0 Å². The molecule has 0 spiro atoms. The molecular formula is C13H23N3O3. The van der Waals surface area contributed by atoms with Crippen molar-refractivity contribution < 1.29 is 14.4 Å². The molecule has 4 N–H and O–H groups in total. The number of nitrogens with one attached hydrogen (secondary N) is 2. The van der Waals surface area contributed by atoms with E-state index in [4.69, 9.17) is 5.73 Å². The number of piperidine rings is 1. The molecule has 6 heteroatoms. The number of carbonyl (C=O) groups excluding carboxylic acids is 3. The van der Waals surface area contributed by atoms with Gasteiger partial charge in [-0.15, -0.1) is 0 Å². The third kappa shape index (κ3) is 5.38. The molecule has 3 amide bonds. The van der Waals surface area contributed by atoms with Gasteiger partial charge in [0.05, 0.1) is 0 Å². The van der Waals surface area contributed by atoms with Gasteiger partial charge in [-0.25, -0.2) is 0 Å². The molecule has 2 atom stereocenters. The first-order chi connectivity index (χ1) is 9.06. The molecule has 1 rings (SSSR count). The fraction of sp³-hybridized carbons (Fsp3) is 0.769. The van der Waals surface area contributed by atoms with Crippen molar-refractivity contribution in [2.75, 3.05) is 6.54 Å². The van der Waals surface area contributed by atoms with Gasteiger partial charge in [0.25, 0.3) is 0 Å². The van der Waals surface area contributed by atoms with Crippen molar-refractivity contribution in [1.82, 2.24) is 10.6 Å². The Bertz CT molecular complexity index is 344. The van der Waals surface area contributed by atoms with E-state index in [9.17, 15) is 14.4 Å². The van der Waals surface area contributed by atoms with E-state index >= 15 is 0 Å². The van der Waals surface area contributed by atoms with Crippen molar-refractivity contribution in [2.24, 2.45) is 11.7 Å². The summed E-state index contributed by atoms with van der Waals surface area (Å²) in [7, 11) is 0. The molecule has 0 bridgehead atoms. The molecule has 6 nitrogen and oxygen atoms in total. The summed E-state index contributed by atoms with van der Waals surface area (Å²) in [5.41, 5.74) is 5.51. The molecule has 19 heavy (non-hydrogen) atoms. The fourth-order valence-corrected chi connectivity index (χ4v) is 2.22. The van der Waals surface area contributed by atoms with E-state index in [0.29, 0.717) is 25.3 Å². The van der Waals surface area contributed by atoms with Gasteiger partial charge in [-0.2, -0.15) is 0 Å². The summed E-state index contributed by atoms with van der Waals surface area (Å²) in [4.78, 5) is 34.2. The predicted molar refractivity (Wildman–Crippen MR) is 71.0 cm³/mol. The maximum Gasteiger partial charge on any atom is 0.249 e. The van der Waals surface area contributed by atoms with E-state index in [0.717, 1.165) is 19.3 Å². The van der Waals surface area contributed by atoms with Crippen LogP contribution in [-0.2, 0) is 14.4 Å². The van der Waals surface area contributed by atoms with E-state index < -0.39 is 11.9 Å². The van der Waals surface area contributed by atoms with Crippen LogP contribution < -0.4 is 16.4 Å². The lowest BCUT2D eigenvalue weighted by Gasteiger charge is -2.22. The summed E-state index contributed by atoms with van der Waals surface area (Å²) in [5, 5.41) is 4.90. The summed E-state index contributed by atoms with van der Waals surface area (Å²) < 4.78 is 0. The van der Waals surface area contributed by atoms with Gasteiger partial charge in [0.2, 0.25) is 17.7 Å². The van der Waals surface area contributed by atoms with Crippen molar-refractivity contribution in [3.05, 3.63) is 0 Å². The van der Waals surface area contributed by atoms with Gasteiger partial charge in [-0.05, 0) is 31.7 Å². The summed E-state index contributed by atoms with van der Waals surface area (Å²) in [6.45, 7) is 2.71. The second-order valence-corrected chi connectivity index (χ2v) is 4.96. The van der Waals surface area contributed by atoms with Crippen LogP contribution in [0.25, 0.3) is 0 Å². The molecule has 2 unspecified atom stereocenters. The Kier molecular flexibility index (Phi) is 6.49. The zero-order chi connectivity index (χ0) is 14.3. The molecule has 0 aromatic carbocycles. The lowest BCUT2D eigenvalue weighted by Crippen LogP contribution is -2.52. The Labute approximate surface area is 113 Å². The minimum Gasteiger partial charge on any atom is -0.344 e. The van der Waals surface area contributed by atoms with Crippen LogP contribution in [0.5, 0.6) is 0 Å². The Morgan fingerprint density at radius 1 is 1.47 bits per heavy atom. The van der Waals surface area contributed by atoms with Gasteiger partial charge in [-0.1, -0.05) is 13.3 Å². The Hall–Kier alpha value is -1.43. The van der Waals surface area contributed by atoms with Crippen molar-refractivity contribution in [3.8, 4) is 0 Å². The van der Waals surface area contributed by atoms with Crippen molar-refractivity contribution in [1.29, 1.82) is 0 Å². The topological polar surface area (TPSA) is 101 Å². The second kappa shape index (κ2) is 7.89. The van der Waals surface area contributed by atoms with Gasteiger partial charge in [-0.3, -0.25) is 19.7 Å². The largest absolute Gasteiger partial charge is 0.344 e. The molecule has 0 aromatic rings. The van der Waals surface area contributed by atoms with Crippen LogP contribution in [0.4, 0.5) is 0 Å². The summed E-state index contributed by atoms with van der Waals surface area (Å²) >= 11 is 0. The minimum absolute atomic E-state index is 0.134. The molecule has 1 aliphatic rings. The molecule has 0 saturated carbocycles. The van der Waals surface area contributed by atoms with Gasteiger partial charge < -0.3 is 11.1 Å². The van der Waals surface area contributed by atoms with Crippen LogP contribution in [-0.4, -0.2) is 30.3 Å². The average Bonchev–Trinajstić information content (AvgIpc) is 2.38. The average molecular weight is 269 g/mol. The van der Waals surface area contributed by atoms with Gasteiger partial charge in [0.1, 0.15) is 6.04 Å². The normalized spacial score (nSPS) is 20.8. The highest BCUT2D eigenvalue weighted by molar-refractivity contribution is 6.01. The third-order valence-corrected chi connectivity index (χ3v) is 3.51. The van der Waals surface area contributed by atoms with E-state index in [1.54, 1.807) is 0 Å². The van der Waals surface area contributed by atoms with Gasteiger partial charge in [0.15, 0.2) is 0 Å². The Balaban J connectivity index is 2.30. The maximum atomic E-state index is 11.8. The van der Waals surface area contributed by atoms with Crippen molar-refractivity contribution in [2.45, 2.75) is 51.5 Å². The molecule has 0 radical (unpaired) electrons. The van der Waals surface area contributed by atoms with E-state index in [1.165, 1.54) is 0 Å². The highest BCUT2D eigenvalue weighted by atomic mass is 16.2. The Morgan fingerprint density at radius 2 is 2.21 bits per heavy atom. The molecule has 1 heterocycles. The summed E-state index contributed by atoms with van der Waals surface area (Å²) in [6.07, 6.45) is 3.77. The van der Waals surface area contributed by atoms with Crippen LogP contribution in [0.2, 0.25) is 0 Å². The number of imide groups is 1. The zero-order valence-electron chi connectivity index (χ0n) is 11.4. The fourth-order valence-electron chi connectivity index (χ4n) is 2.22. The first-order valence-corrected chi connectivity index (χ1v) is 6.90. The summed E-state index contributed by atoms with van der Waals surface area (Å²) in [6, 6.07) is -0.570. The lowest BCUT2D eigenvalue weighted by molar-refractivity contribution is -0.137. The molecular weight excluding hydrogens is 246 g/mol. The number of nitrogens with two attached hydrogens (primary N) is 1. The third-order valence-electron chi connectivity index (χ3n) is 3.51. The highest BCUT2D eigenvalue weighted by Gasteiger charge is 2.27. The second-order valence-electron chi connectivity index (χ2n) is 4.96. The number of amides is 3. The molecule has 0 aliphatic carbocycles. The van der Waals surface area contributed by atoms with Crippen LogP contribution in [0, 0.1) is 5.92 Å². The highest BCUT2D eigenvalue weighted by Crippen LogP contribution is 2.14. The number of hydrogen-bond donors (Lipinski definition) is 3. The monoisotopic (exact) mass is 269 g/mol. The first kappa shape index (κ1) is 15.6. The van der Waals surface area contributed by atoms with Crippen molar-refractivity contribution in [3.63, 3.8) is 0 Å². The number of carbonyl (C=O) groups is 3. The van der Waals surface area contributed by atoms with E-state index in [2.05, 4.69) is 17.6 Å². The minimum atomic E-state index is -0.570. The smallest absolute Gasteiger partial charge is 0.249 e. The van der Waals surface area contributed by atoms with Crippen LogP contribution in [0.15, 0.2) is 0 Å². The maximum absolute atomic E-state index is 11.8. The van der Waals surface area contributed by atoms with Gasteiger partial charge >= 0.3 is 0 Å². The predicted octanol–water partition coefficient (Wildman–Crippen LogP) is 0.0630. The van der Waals surface area contributed by atoms with E-state index in [-0.39, 0.29) is 18.2 Å². The Morgan fingerprint density at radius 3 is 2.79 bits per heavy atom. The SMILES string of the molecule is CCC(CCN)CCC(=O)NC1CCC(=O)NC1=O. The molecule has 1 fully saturated rings. The number of rotatable bonds is 7. The molecule has 1 aliphatic heterocycles. The van der Waals surface area contributed by atoms with Crippen LogP contribution >= 0.6 is 0 Å². The first-order valence-electron chi connectivity index (χ1n) is 6.90. The lowest BCUT2D eigenvalue weighted by atomic mass is 9.96. The standard InChI is InChI=1S/C13H23N3O3/c1-2-9(7-8-14)3-5-11(17)15-10-4-6-12(18)16-13(10)19/h9-10H,2-8,14H2,1H3,(H,15,17)(H,16,18,19). The van der Waals surface area contributed by atoms with Crippen molar-refractivity contribution >= 4 is 17.7 Å². The van der Waals surface area contributed by atoms with Gasteiger partial charge in [0, 0.05) is 12.8 Å². The van der Waals surface area contributed by atoms with Crippen LogP contribution in [0.1, 0.15) is 45.4 Å². The zero-order valence-corrected chi connectivity index (χ0v) is 11.4. The summed E-state index contributed by atoms with van der Waals surface area (Å²) in [5.74, 6) is -0.356. The molecule has 0 aromatic heterocycles.